The van der Waals surface area contributed by atoms with Gasteiger partial charge in [-0.25, -0.2) is 9.78 Å². The lowest BCUT2D eigenvalue weighted by molar-refractivity contribution is 0.236. The Balaban J connectivity index is 1.40. The summed E-state index contributed by atoms with van der Waals surface area (Å²) in [4.78, 5) is 16.4. The largest absolute Gasteiger partial charge is 0.335 e. The molecule has 2 amide bonds. The van der Waals surface area contributed by atoms with Crippen molar-refractivity contribution < 1.29 is 4.79 Å². The minimum absolute atomic E-state index is 0.0577. The van der Waals surface area contributed by atoms with Crippen LogP contribution in [0.4, 0.5) is 4.79 Å². The first-order chi connectivity index (χ1) is 9.74. The number of rotatable bonds is 5. The van der Waals surface area contributed by atoms with E-state index in [0.717, 1.165) is 18.5 Å². The Bertz CT molecular complexity index is 473. The molecule has 2 saturated carbocycles. The number of thioether (sulfide) groups is 1. The molecule has 1 aromatic rings. The SMILES string of the molecule is CS[C@@H]1CC[C@H](NC(=O)NCc2csc(C3CC3)n2)C1. The van der Waals surface area contributed by atoms with E-state index in [1.54, 1.807) is 11.3 Å². The normalized spacial score (nSPS) is 25.6. The quantitative estimate of drug-likeness (QED) is 0.878. The van der Waals surface area contributed by atoms with E-state index in [9.17, 15) is 4.79 Å². The second-order valence-corrected chi connectivity index (χ2v) is 7.67. The van der Waals surface area contributed by atoms with Crippen molar-refractivity contribution in [1.29, 1.82) is 0 Å². The fourth-order valence-electron chi connectivity index (χ4n) is 2.61. The van der Waals surface area contributed by atoms with Gasteiger partial charge in [0.05, 0.1) is 17.2 Å². The van der Waals surface area contributed by atoms with Gasteiger partial charge in [0.2, 0.25) is 0 Å². The van der Waals surface area contributed by atoms with Crippen LogP contribution in [0.5, 0.6) is 0 Å². The molecule has 2 aliphatic carbocycles. The van der Waals surface area contributed by atoms with Crippen LogP contribution in [0, 0.1) is 0 Å². The van der Waals surface area contributed by atoms with E-state index in [0.29, 0.717) is 23.8 Å². The van der Waals surface area contributed by atoms with Gasteiger partial charge in [-0.05, 0) is 38.4 Å². The zero-order valence-corrected chi connectivity index (χ0v) is 13.4. The second kappa shape index (κ2) is 6.35. The Morgan fingerprint density at radius 1 is 1.45 bits per heavy atom. The van der Waals surface area contributed by atoms with Crippen molar-refractivity contribution in [3.8, 4) is 0 Å². The summed E-state index contributed by atoms with van der Waals surface area (Å²) in [5, 5.41) is 9.99. The maximum Gasteiger partial charge on any atom is 0.315 e. The molecule has 0 saturated heterocycles. The van der Waals surface area contributed by atoms with Gasteiger partial charge in [-0.1, -0.05) is 0 Å². The molecule has 6 heteroatoms. The molecule has 1 heterocycles. The highest BCUT2D eigenvalue weighted by atomic mass is 32.2. The molecule has 2 atom stereocenters. The van der Waals surface area contributed by atoms with E-state index in [4.69, 9.17) is 0 Å². The average molecular weight is 311 g/mol. The zero-order chi connectivity index (χ0) is 13.9. The van der Waals surface area contributed by atoms with Crippen LogP contribution in [0.25, 0.3) is 0 Å². The lowest BCUT2D eigenvalue weighted by atomic mass is 10.2. The molecule has 1 aromatic heterocycles. The predicted octanol–water partition coefficient (Wildman–Crippen LogP) is 3.10. The van der Waals surface area contributed by atoms with Crippen LogP contribution >= 0.6 is 23.1 Å². The molecular formula is C14H21N3OS2. The Kier molecular flexibility index (Phi) is 4.51. The van der Waals surface area contributed by atoms with Gasteiger partial charge in [0.1, 0.15) is 0 Å². The average Bonchev–Trinajstić information content (AvgIpc) is 3.02. The van der Waals surface area contributed by atoms with Gasteiger partial charge < -0.3 is 10.6 Å². The first-order valence-corrected chi connectivity index (χ1v) is 9.43. The molecule has 0 spiro atoms. The van der Waals surface area contributed by atoms with Gasteiger partial charge in [-0.15, -0.1) is 11.3 Å². The lowest BCUT2D eigenvalue weighted by Crippen LogP contribution is -2.40. The van der Waals surface area contributed by atoms with Crippen LogP contribution in [0.2, 0.25) is 0 Å². The van der Waals surface area contributed by atoms with E-state index >= 15 is 0 Å². The Hall–Kier alpha value is -0.750. The molecule has 0 aromatic carbocycles. The number of carbonyl (C=O) groups excluding carboxylic acids is 1. The van der Waals surface area contributed by atoms with Crippen molar-refractivity contribution in [1.82, 2.24) is 15.6 Å². The summed E-state index contributed by atoms with van der Waals surface area (Å²) >= 11 is 3.63. The summed E-state index contributed by atoms with van der Waals surface area (Å²) in [5.41, 5.74) is 0.987. The first kappa shape index (κ1) is 14.2. The lowest BCUT2D eigenvalue weighted by Gasteiger charge is -2.13. The fraction of sp³-hybridized carbons (Fsp3) is 0.714. The summed E-state index contributed by atoms with van der Waals surface area (Å²) in [6.45, 7) is 0.535. The monoisotopic (exact) mass is 311 g/mol. The maximum atomic E-state index is 11.9. The van der Waals surface area contributed by atoms with Gasteiger partial charge in [-0.3, -0.25) is 0 Å². The molecule has 0 bridgehead atoms. The summed E-state index contributed by atoms with van der Waals surface area (Å²) < 4.78 is 0. The van der Waals surface area contributed by atoms with Crippen molar-refractivity contribution in [2.24, 2.45) is 0 Å². The van der Waals surface area contributed by atoms with E-state index in [-0.39, 0.29) is 6.03 Å². The molecule has 20 heavy (non-hydrogen) atoms. The van der Waals surface area contributed by atoms with E-state index < -0.39 is 0 Å². The standard InChI is InChI=1S/C14H21N3OS2/c1-19-12-5-4-10(6-12)17-14(18)15-7-11-8-20-13(16-11)9-2-3-9/h8-10,12H,2-7H2,1H3,(H2,15,17,18)/t10-,12+/m0/s1. The number of urea groups is 1. The molecule has 2 aliphatic rings. The number of carbonyl (C=O) groups is 1. The summed E-state index contributed by atoms with van der Waals surface area (Å²) in [6.07, 6.45) is 8.10. The third kappa shape index (κ3) is 3.67. The maximum absolute atomic E-state index is 11.9. The Morgan fingerprint density at radius 3 is 3.00 bits per heavy atom. The van der Waals surface area contributed by atoms with Crippen molar-refractivity contribution in [2.45, 2.75) is 55.9 Å². The van der Waals surface area contributed by atoms with Crippen molar-refractivity contribution in [3.05, 3.63) is 16.1 Å². The van der Waals surface area contributed by atoms with E-state index in [1.165, 1.54) is 24.3 Å². The highest BCUT2D eigenvalue weighted by Gasteiger charge is 2.27. The van der Waals surface area contributed by atoms with Crippen LogP contribution in [0.1, 0.15) is 48.7 Å². The molecule has 0 aliphatic heterocycles. The Labute approximate surface area is 128 Å². The van der Waals surface area contributed by atoms with Crippen LogP contribution < -0.4 is 10.6 Å². The molecule has 0 radical (unpaired) electrons. The first-order valence-electron chi connectivity index (χ1n) is 7.26. The van der Waals surface area contributed by atoms with Crippen molar-refractivity contribution in [3.63, 3.8) is 0 Å². The highest BCUT2D eigenvalue weighted by Crippen LogP contribution is 2.41. The third-order valence-corrected chi connectivity index (χ3v) is 6.13. The second-order valence-electron chi connectivity index (χ2n) is 5.65. The van der Waals surface area contributed by atoms with Crippen LogP contribution in [-0.2, 0) is 6.54 Å². The van der Waals surface area contributed by atoms with E-state index in [2.05, 4.69) is 27.3 Å². The molecular weight excluding hydrogens is 290 g/mol. The summed E-state index contributed by atoms with van der Waals surface area (Å²) in [6, 6.07) is 0.280. The number of nitrogens with one attached hydrogen (secondary N) is 2. The fourth-order valence-corrected chi connectivity index (χ4v) is 4.40. The third-order valence-electron chi connectivity index (χ3n) is 3.98. The van der Waals surface area contributed by atoms with Crippen LogP contribution in [0.15, 0.2) is 5.38 Å². The molecule has 4 nitrogen and oxygen atoms in total. The number of amides is 2. The van der Waals surface area contributed by atoms with Crippen LogP contribution in [-0.4, -0.2) is 28.6 Å². The van der Waals surface area contributed by atoms with Gasteiger partial charge in [0.25, 0.3) is 0 Å². The number of nitrogens with zero attached hydrogens (tertiary/aromatic N) is 1. The predicted molar refractivity (Wildman–Crippen MR) is 84.4 cm³/mol. The number of hydrogen-bond acceptors (Lipinski definition) is 4. The van der Waals surface area contributed by atoms with Crippen molar-refractivity contribution in [2.75, 3.05) is 6.26 Å². The number of thiazole rings is 1. The minimum Gasteiger partial charge on any atom is -0.335 e. The van der Waals surface area contributed by atoms with Crippen LogP contribution in [0.3, 0.4) is 0 Å². The molecule has 0 unspecified atom stereocenters. The van der Waals surface area contributed by atoms with Gasteiger partial charge in [-0.2, -0.15) is 11.8 Å². The zero-order valence-electron chi connectivity index (χ0n) is 11.7. The summed E-state index contributed by atoms with van der Waals surface area (Å²) in [7, 11) is 0. The molecule has 2 N–H and O–H groups in total. The minimum atomic E-state index is -0.0577. The number of hydrogen-bond donors (Lipinski definition) is 2. The summed E-state index contributed by atoms with van der Waals surface area (Å²) in [5.74, 6) is 0.699. The van der Waals surface area contributed by atoms with Gasteiger partial charge in [0.15, 0.2) is 0 Å². The topological polar surface area (TPSA) is 54.0 Å². The smallest absolute Gasteiger partial charge is 0.315 e. The highest BCUT2D eigenvalue weighted by molar-refractivity contribution is 7.99. The van der Waals surface area contributed by atoms with E-state index in [1.807, 2.05) is 11.8 Å². The number of aromatic nitrogens is 1. The molecule has 110 valence electrons. The van der Waals surface area contributed by atoms with Gasteiger partial charge in [0, 0.05) is 22.6 Å². The Morgan fingerprint density at radius 2 is 2.30 bits per heavy atom. The molecule has 2 fully saturated rings. The van der Waals surface area contributed by atoms with Gasteiger partial charge >= 0.3 is 6.03 Å². The van der Waals surface area contributed by atoms with Crippen molar-refractivity contribution >= 4 is 29.1 Å². The molecule has 3 rings (SSSR count).